The first-order valence-corrected chi connectivity index (χ1v) is 5.96. The zero-order valence-corrected chi connectivity index (χ0v) is 11.4. The first-order valence-electron chi connectivity index (χ1n) is 5.96. The molecule has 1 aromatic rings. The topological polar surface area (TPSA) is 97.7 Å². The van der Waals surface area contributed by atoms with E-state index in [0.717, 1.165) is 0 Å². The van der Waals surface area contributed by atoms with Gasteiger partial charge in [-0.05, 0) is 31.2 Å². The molecular weight excluding hydrogens is 276 g/mol. The van der Waals surface area contributed by atoms with Crippen molar-refractivity contribution in [2.24, 2.45) is 0 Å². The number of hydrogen-bond donors (Lipinski definition) is 1. The highest BCUT2D eigenvalue weighted by Crippen LogP contribution is 2.08. The average molecular weight is 290 g/mol. The zero-order chi connectivity index (χ0) is 15.7. The van der Waals surface area contributed by atoms with Crippen LogP contribution in [0.1, 0.15) is 12.5 Å². The van der Waals surface area contributed by atoms with Gasteiger partial charge in [-0.1, -0.05) is 6.58 Å². The molecule has 1 N–H and O–H groups in total. The Labute approximate surface area is 121 Å². The fourth-order valence-electron chi connectivity index (χ4n) is 1.15. The summed E-state index contributed by atoms with van der Waals surface area (Å²) in [5, 5.41) is 11.0. The number of nitrogens with zero attached hydrogens (tertiary/aromatic N) is 1. The van der Waals surface area contributed by atoms with Gasteiger partial charge in [-0.2, -0.15) is 10.1 Å². The minimum Gasteiger partial charge on any atom is -0.460 e. The van der Waals surface area contributed by atoms with E-state index in [-0.39, 0.29) is 18.8 Å². The van der Waals surface area contributed by atoms with Gasteiger partial charge in [0.25, 0.3) is 0 Å². The molecule has 0 bridgehead atoms. The van der Waals surface area contributed by atoms with Gasteiger partial charge in [0.1, 0.15) is 13.2 Å². The van der Waals surface area contributed by atoms with Gasteiger partial charge in [0.2, 0.25) is 0 Å². The highest BCUT2D eigenvalue weighted by molar-refractivity contribution is 5.86. The smallest absolute Gasteiger partial charge is 0.443 e. The second-order valence-corrected chi connectivity index (χ2v) is 3.92. The van der Waals surface area contributed by atoms with E-state index >= 15 is 0 Å². The SMILES string of the molecule is C=C(C)C(=O)OCCOOC(=O)Nc1ccc(C#N)cc1. The number of hydrogen-bond acceptors (Lipinski definition) is 6. The van der Waals surface area contributed by atoms with E-state index in [1.807, 2.05) is 6.07 Å². The van der Waals surface area contributed by atoms with Crippen molar-refractivity contribution in [3.8, 4) is 6.07 Å². The number of amides is 1. The maximum absolute atomic E-state index is 11.3. The summed E-state index contributed by atoms with van der Waals surface area (Å²) in [4.78, 5) is 31.3. The Morgan fingerprint density at radius 3 is 2.52 bits per heavy atom. The Hall–Kier alpha value is -2.85. The van der Waals surface area contributed by atoms with E-state index < -0.39 is 12.1 Å². The third-order valence-electron chi connectivity index (χ3n) is 2.14. The zero-order valence-electron chi connectivity index (χ0n) is 11.4. The van der Waals surface area contributed by atoms with Gasteiger partial charge in [0, 0.05) is 11.3 Å². The van der Waals surface area contributed by atoms with Crippen LogP contribution in [0.15, 0.2) is 36.4 Å². The fourth-order valence-corrected chi connectivity index (χ4v) is 1.15. The number of ether oxygens (including phenoxy) is 1. The molecule has 0 aliphatic rings. The molecule has 7 nitrogen and oxygen atoms in total. The lowest BCUT2D eigenvalue weighted by Gasteiger charge is -2.06. The first-order chi connectivity index (χ1) is 10.0. The van der Waals surface area contributed by atoms with Crippen LogP contribution in [0.25, 0.3) is 0 Å². The minimum atomic E-state index is -0.828. The molecule has 0 unspecified atom stereocenters. The Kier molecular flexibility index (Phi) is 6.44. The van der Waals surface area contributed by atoms with Crippen LogP contribution >= 0.6 is 0 Å². The third kappa shape index (κ3) is 6.22. The molecule has 0 aromatic heterocycles. The quantitative estimate of drug-likeness (QED) is 0.283. The number of benzene rings is 1. The second kappa shape index (κ2) is 8.35. The molecule has 0 heterocycles. The molecule has 0 spiro atoms. The molecule has 7 heteroatoms. The van der Waals surface area contributed by atoms with Crippen molar-refractivity contribution in [1.29, 1.82) is 5.26 Å². The van der Waals surface area contributed by atoms with Gasteiger partial charge >= 0.3 is 12.1 Å². The number of nitriles is 1. The molecule has 0 fully saturated rings. The summed E-state index contributed by atoms with van der Waals surface area (Å²) in [6, 6.07) is 8.15. The summed E-state index contributed by atoms with van der Waals surface area (Å²) in [6.07, 6.45) is -0.828. The van der Waals surface area contributed by atoms with E-state index in [9.17, 15) is 9.59 Å². The molecule has 1 aromatic carbocycles. The summed E-state index contributed by atoms with van der Waals surface area (Å²) in [5.41, 5.74) is 1.20. The minimum absolute atomic E-state index is 0.0597. The predicted octanol–water partition coefficient (Wildman–Crippen LogP) is 2.16. The van der Waals surface area contributed by atoms with Crippen molar-refractivity contribution < 1.29 is 24.1 Å². The van der Waals surface area contributed by atoms with Crippen molar-refractivity contribution >= 4 is 17.7 Å². The summed E-state index contributed by atoms with van der Waals surface area (Å²) >= 11 is 0. The van der Waals surface area contributed by atoms with Crippen molar-refractivity contribution in [1.82, 2.24) is 0 Å². The standard InChI is InChI=1S/C14H14N2O5/c1-10(2)13(17)19-7-8-20-21-14(18)16-12-5-3-11(9-15)4-6-12/h3-6H,1,7-8H2,2H3,(H,16,18). The van der Waals surface area contributed by atoms with E-state index in [1.165, 1.54) is 6.92 Å². The van der Waals surface area contributed by atoms with Gasteiger partial charge in [0.15, 0.2) is 0 Å². The molecule has 0 saturated carbocycles. The largest absolute Gasteiger partial charge is 0.460 e. The molecular formula is C14H14N2O5. The van der Waals surface area contributed by atoms with Crippen LogP contribution in [0.2, 0.25) is 0 Å². The van der Waals surface area contributed by atoms with Gasteiger partial charge in [-0.15, -0.1) is 0 Å². The summed E-state index contributed by atoms with van der Waals surface area (Å²) < 4.78 is 4.72. The maximum atomic E-state index is 11.3. The predicted molar refractivity (Wildman–Crippen MR) is 73.0 cm³/mol. The lowest BCUT2D eigenvalue weighted by molar-refractivity contribution is -0.240. The number of anilines is 1. The normalized spacial score (nSPS) is 9.33. The van der Waals surface area contributed by atoms with Crippen LogP contribution in [0.4, 0.5) is 10.5 Å². The van der Waals surface area contributed by atoms with Gasteiger partial charge in [0.05, 0.1) is 11.6 Å². The number of carbonyl (C=O) groups is 2. The van der Waals surface area contributed by atoms with E-state index in [2.05, 4.69) is 21.7 Å². The average Bonchev–Trinajstić information content (AvgIpc) is 2.47. The molecule has 0 radical (unpaired) electrons. The highest BCUT2D eigenvalue weighted by Gasteiger charge is 2.06. The number of carbonyl (C=O) groups excluding carboxylic acids is 2. The Balaban J connectivity index is 2.21. The molecule has 0 saturated heterocycles. The highest BCUT2D eigenvalue weighted by atomic mass is 17.2. The van der Waals surface area contributed by atoms with Crippen LogP contribution in [0, 0.1) is 11.3 Å². The van der Waals surface area contributed by atoms with Gasteiger partial charge < -0.3 is 4.74 Å². The van der Waals surface area contributed by atoms with Crippen LogP contribution in [-0.2, 0) is 19.3 Å². The van der Waals surface area contributed by atoms with Crippen LogP contribution in [-0.4, -0.2) is 25.3 Å². The Morgan fingerprint density at radius 1 is 1.29 bits per heavy atom. The van der Waals surface area contributed by atoms with Crippen molar-refractivity contribution in [3.63, 3.8) is 0 Å². The third-order valence-corrected chi connectivity index (χ3v) is 2.14. The number of rotatable bonds is 6. The summed E-state index contributed by atoms with van der Waals surface area (Å²) in [5.74, 6) is -0.541. The first kappa shape index (κ1) is 16.2. The number of nitrogens with one attached hydrogen (secondary N) is 1. The lowest BCUT2D eigenvalue weighted by Crippen LogP contribution is -2.17. The maximum Gasteiger partial charge on any atom is 0.443 e. The van der Waals surface area contributed by atoms with Crippen LogP contribution in [0.5, 0.6) is 0 Å². The molecule has 21 heavy (non-hydrogen) atoms. The van der Waals surface area contributed by atoms with Crippen molar-refractivity contribution in [2.75, 3.05) is 18.5 Å². The van der Waals surface area contributed by atoms with Crippen LogP contribution < -0.4 is 5.32 Å². The molecule has 0 aliphatic heterocycles. The molecule has 110 valence electrons. The van der Waals surface area contributed by atoms with E-state index in [1.54, 1.807) is 24.3 Å². The van der Waals surface area contributed by atoms with Gasteiger partial charge in [-0.25, -0.2) is 9.59 Å². The Bertz CT molecular complexity index is 560. The monoisotopic (exact) mass is 290 g/mol. The molecule has 1 amide bonds. The summed E-state index contributed by atoms with van der Waals surface area (Å²) in [6.45, 7) is 4.77. The van der Waals surface area contributed by atoms with Crippen LogP contribution in [0.3, 0.4) is 0 Å². The second-order valence-electron chi connectivity index (χ2n) is 3.92. The molecule has 0 atom stereocenters. The summed E-state index contributed by atoms with van der Waals surface area (Å²) in [7, 11) is 0. The van der Waals surface area contributed by atoms with E-state index in [4.69, 9.17) is 10.00 Å². The Morgan fingerprint density at radius 2 is 1.95 bits per heavy atom. The number of esters is 1. The fraction of sp³-hybridized carbons (Fsp3) is 0.214. The van der Waals surface area contributed by atoms with Crippen molar-refractivity contribution in [3.05, 3.63) is 42.0 Å². The lowest BCUT2D eigenvalue weighted by atomic mass is 10.2. The molecule has 0 aliphatic carbocycles. The van der Waals surface area contributed by atoms with Crippen molar-refractivity contribution in [2.45, 2.75) is 6.92 Å². The van der Waals surface area contributed by atoms with Gasteiger partial charge in [-0.3, -0.25) is 10.2 Å². The molecule has 1 rings (SSSR count). The van der Waals surface area contributed by atoms with E-state index in [0.29, 0.717) is 11.3 Å².